The van der Waals surface area contributed by atoms with Gasteiger partial charge in [0.15, 0.2) is 0 Å². The van der Waals surface area contributed by atoms with Crippen LogP contribution in [0.2, 0.25) is 0 Å². The van der Waals surface area contributed by atoms with E-state index in [0.717, 1.165) is 17.7 Å². The molecule has 1 aliphatic heterocycles. The Morgan fingerprint density at radius 3 is 2.41 bits per heavy atom. The van der Waals surface area contributed by atoms with Crippen molar-refractivity contribution >= 4 is 27.3 Å². The molecule has 2 aromatic carbocycles. The number of sulfonamides is 1. The zero-order chi connectivity index (χ0) is 19.8. The highest BCUT2D eigenvalue weighted by Crippen LogP contribution is 2.31. The maximum Gasteiger partial charge on any atom is 0.573 e. The molecular weight excluding hydrogens is 385 g/mol. The lowest BCUT2D eigenvalue weighted by atomic mass is 10.2. The average Bonchev–Trinajstić information content (AvgIpc) is 2.98. The Labute approximate surface area is 153 Å². The van der Waals surface area contributed by atoms with E-state index in [9.17, 15) is 26.4 Å². The van der Waals surface area contributed by atoms with Gasteiger partial charge in [0.25, 0.3) is 10.0 Å². The van der Waals surface area contributed by atoms with E-state index < -0.39 is 22.1 Å². The van der Waals surface area contributed by atoms with Gasteiger partial charge in [-0.1, -0.05) is 0 Å². The minimum absolute atomic E-state index is 0.00210. The Kier molecular flexibility index (Phi) is 4.77. The van der Waals surface area contributed by atoms with Crippen molar-refractivity contribution in [2.45, 2.75) is 24.6 Å². The number of ether oxygens (including phenoxy) is 1. The van der Waals surface area contributed by atoms with Crippen molar-refractivity contribution in [3.05, 3.63) is 48.0 Å². The van der Waals surface area contributed by atoms with Crippen molar-refractivity contribution < 1.29 is 31.1 Å². The summed E-state index contributed by atoms with van der Waals surface area (Å²) in [6.07, 6.45) is -4.28. The molecule has 0 aliphatic carbocycles. The number of anilines is 2. The number of hydrogen-bond acceptors (Lipinski definition) is 4. The fourth-order valence-corrected chi connectivity index (χ4v) is 3.92. The van der Waals surface area contributed by atoms with Crippen LogP contribution in [0.5, 0.6) is 5.75 Å². The Morgan fingerprint density at radius 1 is 1.15 bits per heavy atom. The van der Waals surface area contributed by atoms with Crippen molar-refractivity contribution in [1.82, 2.24) is 0 Å². The molecule has 27 heavy (non-hydrogen) atoms. The number of halogens is 3. The zero-order valence-electron chi connectivity index (χ0n) is 14.1. The molecule has 0 atom stereocenters. The number of carbonyl (C=O) groups is 1. The van der Waals surface area contributed by atoms with E-state index in [1.165, 1.54) is 31.2 Å². The molecule has 1 N–H and O–H groups in total. The van der Waals surface area contributed by atoms with Crippen LogP contribution in [0.25, 0.3) is 0 Å². The number of nitrogens with one attached hydrogen (secondary N) is 1. The summed E-state index contributed by atoms with van der Waals surface area (Å²) >= 11 is 0. The highest BCUT2D eigenvalue weighted by atomic mass is 32.2. The second-order valence-corrected chi connectivity index (χ2v) is 7.57. The minimum atomic E-state index is -4.82. The quantitative estimate of drug-likeness (QED) is 0.855. The lowest BCUT2D eigenvalue weighted by Gasteiger charge is -2.15. The summed E-state index contributed by atoms with van der Waals surface area (Å²) in [6.45, 7) is 1.93. The normalized spacial score (nSPS) is 14.0. The van der Waals surface area contributed by atoms with E-state index in [4.69, 9.17) is 0 Å². The minimum Gasteiger partial charge on any atom is -0.406 e. The van der Waals surface area contributed by atoms with Gasteiger partial charge in [0.2, 0.25) is 5.91 Å². The molecule has 0 radical (unpaired) electrons. The van der Waals surface area contributed by atoms with Crippen LogP contribution >= 0.6 is 0 Å². The van der Waals surface area contributed by atoms with Gasteiger partial charge >= 0.3 is 6.36 Å². The predicted molar refractivity (Wildman–Crippen MR) is 92.1 cm³/mol. The van der Waals surface area contributed by atoms with E-state index in [-0.39, 0.29) is 16.5 Å². The molecular formula is C17H15F3N2O4S. The first-order valence-corrected chi connectivity index (χ1v) is 9.33. The SMILES string of the molecule is CC(=O)N1CCc2cc(S(=O)(=O)Nc3ccc(OC(F)(F)F)cc3)ccc21. The number of benzene rings is 2. The number of rotatable bonds is 4. The number of carbonyl (C=O) groups excluding carboxylic acids is 1. The summed E-state index contributed by atoms with van der Waals surface area (Å²) in [7, 11) is -3.94. The second-order valence-electron chi connectivity index (χ2n) is 5.89. The van der Waals surface area contributed by atoms with Crippen molar-refractivity contribution in [3.63, 3.8) is 0 Å². The molecule has 0 bridgehead atoms. The number of hydrogen-bond donors (Lipinski definition) is 1. The molecule has 0 spiro atoms. The summed E-state index contributed by atoms with van der Waals surface area (Å²) in [4.78, 5) is 13.1. The van der Waals surface area contributed by atoms with Crippen LogP contribution in [-0.4, -0.2) is 27.2 Å². The van der Waals surface area contributed by atoms with Crippen LogP contribution in [0, 0.1) is 0 Å². The average molecular weight is 400 g/mol. The van der Waals surface area contributed by atoms with E-state index in [2.05, 4.69) is 9.46 Å². The fraction of sp³-hybridized carbons (Fsp3) is 0.235. The van der Waals surface area contributed by atoms with Crippen molar-refractivity contribution in [1.29, 1.82) is 0 Å². The van der Waals surface area contributed by atoms with Crippen LogP contribution in [0.15, 0.2) is 47.4 Å². The lowest BCUT2D eigenvalue weighted by molar-refractivity contribution is -0.274. The van der Waals surface area contributed by atoms with E-state index in [0.29, 0.717) is 18.7 Å². The molecule has 1 aliphatic rings. The van der Waals surface area contributed by atoms with Gasteiger partial charge in [-0.3, -0.25) is 9.52 Å². The molecule has 0 aromatic heterocycles. The molecule has 0 fully saturated rings. The molecule has 6 nitrogen and oxygen atoms in total. The standard InChI is InChI=1S/C17H15F3N2O4S/c1-11(23)22-9-8-12-10-15(6-7-16(12)22)27(24,25)21-13-2-4-14(5-3-13)26-17(18,19)20/h2-7,10,21H,8-9H2,1H3. The first kappa shape index (κ1) is 19.0. The first-order valence-electron chi connectivity index (χ1n) is 7.85. The van der Waals surface area contributed by atoms with E-state index in [1.54, 1.807) is 11.0 Å². The summed E-state index contributed by atoms with van der Waals surface area (Å²) in [5.74, 6) is -0.573. The van der Waals surface area contributed by atoms with Crippen molar-refractivity contribution in [3.8, 4) is 5.75 Å². The topological polar surface area (TPSA) is 75.7 Å². The Morgan fingerprint density at radius 2 is 1.81 bits per heavy atom. The third kappa shape index (κ3) is 4.33. The summed E-state index contributed by atoms with van der Waals surface area (Å²) in [5, 5.41) is 0. The van der Waals surface area contributed by atoms with Crippen LogP contribution in [0.1, 0.15) is 12.5 Å². The van der Waals surface area contributed by atoms with Gasteiger partial charge in [-0.05, 0) is 54.4 Å². The van der Waals surface area contributed by atoms with Crippen molar-refractivity contribution in [2.75, 3.05) is 16.2 Å². The van der Waals surface area contributed by atoms with Crippen LogP contribution in [0.4, 0.5) is 24.5 Å². The third-order valence-corrected chi connectivity index (χ3v) is 5.36. The molecule has 1 heterocycles. The van der Waals surface area contributed by atoms with Gasteiger partial charge in [0.1, 0.15) is 5.75 Å². The summed E-state index contributed by atoms with van der Waals surface area (Å²) < 4.78 is 67.6. The van der Waals surface area contributed by atoms with Gasteiger partial charge in [-0.2, -0.15) is 0 Å². The Hall–Kier alpha value is -2.75. The molecule has 0 saturated heterocycles. The second kappa shape index (κ2) is 6.76. The Bertz CT molecular complexity index is 973. The van der Waals surface area contributed by atoms with Crippen LogP contribution in [-0.2, 0) is 21.2 Å². The maximum absolute atomic E-state index is 12.5. The maximum atomic E-state index is 12.5. The molecule has 10 heteroatoms. The largest absolute Gasteiger partial charge is 0.573 e. The van der Waals surface area contributed by atoms with E-state index in [1.807, 2.05) is 0 Å². The predicted octanol–water partition coefficient (Wildman–Crippen LogP) is 3.30. The number of alkyl halides is 3. The molecule has 1 amide bonds. The van der Waals surface area contributed by atoms with Gasteiger partial charge in [0, 0.05) is 24.8 Å². The highest BCUT2D eigenvalue weighted by molar-refractivity contribution is 7.92. The molecule has 3 rings (SSSR count). The lowest BCUT2D eigenvalue weighted by Crippen LogP contribution is -2.25. The Balaban J connectivity index is 1.79. The molecule has 144 valence electrons. The van der Waals surface area contributed by atoms with Crippen LogP contribution in [0.3, 0.4) is 0 Å². The summed E-state index contributed by atoms with van der Waals surface area (Å²) in [5.41, 5.74) is 1.51. The van der Waals surface area contributed by atoms with E-state index >= 15 is 0 Å². The number of nitrogens with zero attached hydrogens (tertiary/aromatic N) is 1. The van der Waals surface area contributed by atoms with Gasteiger partial charge < -0.3 is 9.64 Å². The van der Waals surface area contributed by atoms with Gasteiger partial charge in [0.05, 0.1) is 4.90 Å². The molecule has 0 unspecified atom stereocenters. The first-order chi connectivity index (χ1) is 12.5. The van der Waals surface area contributed by atoms with Gasteiger partial charge in [-0.25, -0.2) is 8.42 Å². The molecule has 0 saturated carbocycles. The van der Waals surface area contributed by atoms with Gasteiger partial charge in [-0.15, -0.1) is 13.2 Å². The summed E-state index contributed by atoms with van der Waals surface area (Å²) in [6, 6.07) is 8.80. The monoisotopic (exact) mass is 400 g/mol. The van der Waals surface area contributed by atoms with Crippen molar-refractivity contribution in [2.24, 2.45) is 0 Å². The zero-order valence-corrected chi connectivity index (χ0v) is 14.9. The smallest absolute Gasteiger partial charge is 0.406 e. The third-order valence-electron chi connectivity index (χ3n) is 3.98. The van der Waals surface area contributed by atoms with Crippen LogP contribution < -0.4 is 14.4 Å². The number of amides is 1. The molecule has 2 aromatic rings. The highest BCUT2D eigenvalue weighted by Gasteiger charge is 2.31. The number of fused-ring (bicyclic) bond motifs is 1. The fourth-order valence-electron chi connectivity index (χ4n) is 2.81.